The number of ether oxygens (including phenoxy) is 2. The van der Waals surface area contributed by atoms with Gasteiger partial charge in [-0.15, -0.1) is 0 Å². The van der Waals surface area contributed by atoms with Crippen molar-refractivity contribution < 1.29 is 41.7 Å². The largest absolute Gasteiger partial charge is 0.481 e. The summed E-state index contributed by atoms with van der Waals surface area (Å²) in [6.07, 6.45) is -2.08. The minimum Gasteiger partial charge on any atom is -0.481 e. The van der Waals surface area contributed by atoms with Gasteiger partial charge in [-0.3, -0.25) is 9.69 Å². The van der Waals surface area contributed by atoms with Gasteiger partial charge in [-0.05, 0) is 61.6 Å². The molecule has 0 fully saturated rings. The van der Waals surface area contributed by atoms with Gasteiger partial charge in [-0.2, -0.15) is 13.2 Å². The number of hydrogen-bond donors (Lipinski definition) is 1. The van der Waals surface area contributed by atoms with Gasteiger partial charge in [0, 0.05) is 37.5 Å². The predicted molar refractivity (Wildman–Crippen MR) is 148 cm³/mol. The Morgan fingerprint density at radius 1 is 1.12 bits per heavy atom. The number of aliphatic carboxylic acids is 1. The Balaban J connectivity index is 1.85. The van der Waals surface area contributed by atoms with Crippen LogP contribution < -0.4 is 14.5 Å². The molecule has 0 aliphatic carbocycles. The van der Waals surface area contributed by atoms with Gasteiger partial charge in [0.15, 0.2) is 0 Å². The highest BCUT2D eigenvalue weighted by Gasteiger charge is 2.40. The maximum Gasteiger partial charge on any atom is 0.416 e. The highest BCUT2D eigenvalue weighted by Crippen LogP contribution is 2.42. The normalized spacial score (nSPS) is 16.4. The molecule has 1 amide bonds. The van der Waals surface area contributed by atoms with Crippen molar-refractivity contribution in [3.8, 4) is 5.88 Å². The summed E-state index contributed by atoms with van der Waals surface area (Å²) in [6, 6.07) is 5.19. The van der Waals surface area contributed by atoms with E-state index in [1.165, 1.54) is 30.5 Å². The number of amides is 1. The molecule has 0 saturated carbocycles. The molecular weight excluding hydrogens is 574 g/mol. The highest BCUT2D eigenvalue weighted by atomic mass is 19.4. The second-order valence-corrected chi connectivity index (χ2v) is 10.0. The average Bonchev–Trinajstić information content (AvgIpc) is 2.98. The SMILES string of the molecule is CCOC(=O)N1c2ccc(OC)nc2[C@@H](N(Cc2cc(CF)cc(C(F)(F)F)c2)c2ncc(CCC(=O)O)cn2)C[C@H]1C. The van der Waals surface area contributed by atoms with Crippen LogP contribution in [0.15, 0.2) is 42.7 Å². The van der Waals surface area contributed by atoms with Crippen molar-refractivity contribution in [2.24, 2.45) is 0 Å². The van der Waals surface area contributed by atoms with Crippen LogP contribution in [-0.4, -0.2) is 51.9 Å². The number of aromatic nitrogens is 3. The van der Waals surface area contributed by atoms with Gasteiger partial charge < -0.3 is 19.5 Å². The van der Waals surface area contributed by atoms with Crippen LogP contribution in [0.4, 0.5) is 34.0 Å². The summed E-state index contributed by atoms with van der Waals surface area (Å²) in [4.78, 5) is 40.5. The third kappa shape index (κ3) is 7.30. The van der Waals surface area contributed by atoms with Crippen LogP contribution in [0, 0.1) is 0 Å². The second kappa shape index (κ2) is 13.2. The molecule has 2 atom stereocenters. The first-order valence-corrected chi connectivity index (χ1v) is 13.5. The molecule has 1 N–H and O–H groups in total. The van der Waals surface area contributed by atoms with E-state index in [0.29, 0.717) is 16.9 Å². The number of carboxylic acid groups (broad SMARTS) is 1. The van der Waals surface area contributed by atoms with Crippen molar-refractivity contribution in [2.75, 3.05) is 23.5 Å². The number of rotatable bonds is 10. The number of methoxy groups -OCH3 is 1. The lowest BCUT2D eigenvalue weighted by Crippen LogP contribution is -2.47. The van der Waals surface area contributed by atoms with Crippen molar-refractivity contribution in [3.63, 3.8) is 0 Å². The molecule has 4 rings (SSSR count). The number of aryl methyl sites for hydroxylation is 1. The van der Waals surface area contributed by atoms with E-state index < -0.39 is 42.6 Å². The van der Waals surface area contributed by atoms with E-state index in [0.717, 1.165) is 12.1 Å². The predicted octanol–water partition coefficient (Wildman–Crippen LogP) is 5.89. The number of carbonyl (C=O) groups is 2. The summed E-state index contributed by atoms with van der Waals surface area (Å²) in [6.45, 7) is 2.37. The maximum absolute atomic E-state index is 13.7. The second-order valence-electron chi connectivity index (χ2n) is 10.0. The third-order valence-corrected chi connectivity index (χ3v) is 6.97. The molecule has 230 valence electrons. The number of carbonyl (C=O) groups excluding carboxylic acids is 1. The number of hydrogen-bond acceptors (Lipinski definition) is 8. The van der Waals surface area contributed by atoms with Gasteiger partial charge in [-0.1, -0.05) is 6.07 Å². The van der Waals surface area contributed by atoms with Gasteiger partial charge in [0.25, 0.3) is 0 Å². The molecule has 14 heteroatoms. The average molecular weight is 606 g/mol. The molecule has 43 heavy (non-hydrogen) atoms. The lowest BCUT2D eigenvalue weighted by Gasteiger charge is -2.42. The van der Waals surface area contributed by atoms with Crippen LogP contribution in [0.2, 0.25) is 0 Å². The van der Waals surface area contributed by atoms with Crippen molar-refractivity contribution in [1.82, 2.24) is 15.0 Å². The molecule has 3 aromatic rings. The van der Waals surface area contributed by atoms with Crippen molar-refractivity contribution in [2.45, 2.75) is 64.6 Å². The third-order valence-electron chi connectivity index (χ3n) is 6.97. The molecule has 0 bridgehead atoms. The first-order chi connectivity index (χ1) is 20.4. The lowest BCUT2D eigenvalue weighted by molar-refractivity contribution is -0.138. The first-order valence-electron chi connectivity index (χ1n) is 13.5. The molecule has 1 aliphatic heterocycles. The lowest BCUT2D eigenvalue weighted by atomic mass is 9.94. The van der Waals surface area contributed by atoms with Gasteiger partial charge >= 0.3 is 18.2 Å². The number of nitrogens with zero attached hydrogens (tertiary/aromatic N) is 5. The van der Waals surface area contributed by atoms with Crippen LogP contribution in [-0.2, 0) is 35.3 Å². The summed E-state index contributed by atoms with van der Waals surface area (Å²) < 4.78 is 65.4. The Bertz CT molecular complexity index is 1450. The summed E-state index contributed by atoms with van der Waals surface area (Å²) in [5.74, 6) is -0.626. The Morgan fingerprint density at radius 2 is 1.81 bits per heavy atom. The number of carboxylic acids is 1. The molecule has 0 spiro atoms. The van der Waals surface area contributed by atoms with Crippen LogP contribution >= 0.6 is 0 Å². The van der Waals surface area contributed by atoms with Gasteiger partial charge in [0.2, 0.25) is 11.8 Å². The molecule has 1 aliphatic rings. The number of anilines is 2. The van der Waals surface area contributed by atoms with Gasteiger partial charge in [0.1, 0.15) is 6.67 Å². The zero-order valence-corrected chi connectivity index (χ0v) is 23.8. The van der Waals surface area contributed by atoms with E-state index in [2.05, 4.69) is 15.0 Å². The van der Waals surface area contributed by atoms with E-state index in [1.54, 1.807) is 30.9 Å². The number of benzene rings is 1. The van der Waals surface area contributed by atoms with E-state index in [9.17, 15) is 27.2 Å². The number of fused-ring (bicyclic) bond motifs is 1. The highest BCUT2D eigenvalue weighted by molar-refractivity contribution is 5.90. The van der Waals surface area contributed by atoms with Gasteiger partial charge in [0.05, 0.1) is 36.7 Å². The van der Waals surface area contributed by atoms with Gasteiger partial charge in [-0.25, -0.2) is 24.1 Å². The Morgan fingerprint density at radius 3 is 2.42 bits per heavy atom. The fourth-order valence-electron chi connectivity index (χ4n) is 5.02. The van der Waals surface area contributed by atoms with E-state index in [1.807, 2.05) is 0 Å². The molecule has 2 aromatic heterocycles. The smallest absolute Gasteiger partial charge is 0.416 e. The fourth-order valence-corrected chi connectivity index (χ4v) is 5.02. The van der Waals surface area contributed by atoms with Crippen molar-refractivity contribution >= 4 is 23.7 Å². The van der Waals surface area contributed by atoms with E-state index >= 15 is 0 Å². The Kier molecular flexibility index (Phi) is 9.66. The zero-order valence-electron chi connectivity index (χ0n) is 23.8. The number of halogens is 4. The van der Waals surface area contributed by atoms with Crippen LogP contribution in [0.5, 0.6) is 5.88 Å². The topological polar surface area (TPSA) is 118 Å². The van der Waals surface area contributed by atoms with Crippen molar-refractivity contribution in [3.05, 3.63) is 70.7 Å². The first kappa shape index (κ1) is 31.4. The molecule has 0 unspecified atom stereocenters. The monoisotopic (exact) mass is 605 g/mol. The summed E-state index contributed by atoms with van der Waals surface area (Å²) in [5, 5.41) is 9.02. The van der Waals surface area contributed by atoms with Crippen molar-refractivity contribution in [1.29, 1.82) is 0 Å². The van der Waals surface area contributed by atoms with Crippen LogP contribution in [0.3, 0.4) is 0 Å². The zero-order chi connectivity index (χ0) is 31.3. The minimum absolute atomic E-state index is 0.121. The summed E-state index contributed by atoms with van der Waals surface area (Å²) in [7, 11) is 1.43. The summed E-state index contributed by atoms with van der Waals surface area (Å²) >= 11 is 0. The Labute approximate surface area is 245 Å². The molecule has 10 nitrogen and oxygen atoms in total. The molecule has 0 saturated heterocycles. The maximum atomic E-state index is 13.7. The standard InChI is InChI=1S/C29H31F4N5O5/c1-4-43-28(41)38-17(2)9-23(26-22(38)6-7-24(36-26)42-3)37(27-34-14-18(15-35-27)5-8-25(39)40)16-20-10-19(13-30)11-21(12-20)29(31,32)33/h6-7,10-12,14-15,17,23H,4-5,8-9,13,16H2,1-3H3,(H,39,40)/t17-,23+/m1/s1. The minimum atomic E-state index is -4.70. The van der Waals surface area contributed by atoms with E-state index in [4.69, 9.17) is 14.6 Å². The molecular formula is C29H31F4N5O5. The number of pyridine rings is 1. The summed E-state index contributed by atoms with van der Waals surface area (Å²) in [5.41, 5.74) is 0.372. The van der Waals surface area contributed by atoms with E-state index in [-0.39, 0.29) is 55.4 Å². The number of alkyl halides is 4. The van der Waals surface area contributed by atoms with Crippen LogP contribution in [0.25, 0.3) is 0 Å². The quantitative estimate of drug-likeness (QED) is 0.282. The fraction of sp³-hybridized carbons (Fsp3) is 0.414. The Hall–Kier alpha value is -4.49. The molecule has 3 heterocycles. The molecule has 0 radical (unpaired) electrons. The molecule has 1 aromatic carbocycles. The van der Waals surface area contributed by atoms with Crippen LogP contribution in [0.1, 0.15) is 60.7 Å².